The third kappa shape index (κ3) is 4.37. The summed E-state index contributed by atoms with van der Waals surface area (Å²) in [5.41, 5.74) is 1.38. The topological polar surface area (TPSA) is 119 Å². The molecule has 0 spiro atoms. The first-order valence-electron chi connectivity index (χ1n) is 9.13. The maximum absolute atomic E-state index is 12.7. The molecule has 0 amide bonds. The molecule has 30 heavy (non-hydrogen) atoms. The highest BCUT2D eigenvalue weighted by atomic mass is 32.2. The van der Waals surface area contributed by atoms with Gasteiger partial charge in [-0.2, -0.15) is 4.31 Å². The maximum Gasteiger partial charge on any atom is 0.284 e. The van der Waals surface area contributed by atoms with Gasteiger partial charge in [0.05, 0.1) is 14.7 Å². The van der Waals surface area contributed by atoms with Crippen molar-refractivity contribution in [1.29, 1.82) is 0 Å². The third-order valence-corrected chi connectivity index (χ3v) is 7.40. The maximum atomic E-state index is 12.7. The van der Waals surface area contributed by atoms with Crippen LogP contribution in [0.2, 0.25) is 0 Å². The van der Waals surface area contributed by atoms with Crippen LogP contribution in [0.3, 0.4) is 0 Å². The van der Waals surface area contributed by atoms with E-state index >= 15 is 0 Å². The Bertz CT molecular complexity index is 1170. The van der Waals surface area contributed by atoms with E-state index in [2.05, 4.69) is 10.2 Å². The minimum Gasteiger partial charge on any atom is -0.411 e. The highest BCUT2D eigenvalue weighted by molar-refractivity contribution is 7.99. The summed E-state index contributed by atoms with van der Waals surface area (Å²) in [6.07, 6.45) is 0. The van der Waals surface area contributed by atoms with Crippen LogP contribution in [0.1, 0.15) is 19.4 Å². The summed E-state index contributed by atoms with van der Waals surface area (Å²) < 4.78 is 32.3. The van der Waals surface area contributed by atoms with E-state index in [-0.39, 0.29) is 33.8 Å². The average Bonchev–Trinajstić information content (AvgIpc) is 3.17. The molecule has 0 saturated carbocycles. The number of benzene rings is 2. The van der Waals surface area contributed by atoms with E-state index in [9.17, 15) is 18.5 Å². The van der Waals surface area contributed by atoms with Crippen LogP contribution in [-0.2, 0) is 10.0 Å². The molecule has 11 heteroatoms. The largest absolute Gasteiger partial charge is 0.411 e. The van der Waals surface area contributed by atoms with Crippen LogP contribution in [0.4, 0.5) is 5.69 Å². The zero-order valence-corrected chi connectivity index (χ0v) is 18.2. The van der Waals surface area contributed by atoms with Gasteiger partial charge >= 0.3 is 0 Å². The molecule has 0 aliphatic rings. The molecule has 0 bridgehead atoms. The van der Waals surface area contributed by atoms with Gasteiger partial charge in [-0.05, 0) is 42.4 Å². The summed E-state index contributed by atoms with van der Waals surface area (Å²) in [5, 5.41) is 19.7. The summed E-state index contributed by atoms with van der Waals surface area (Å²) in [5.74, 6) is 0.305. The molecule has 0 aliphatic carbocycles. The lowest BCUT2D eigenvalue weighted by molar-refractivity contribution is -0.388. The Balaban J connectivity index is 1.94. The smallest absolute Gasteiger partial charge is 0.284 e. The lowest BCUT2D eigenvalue weighted by Crippen LogP contribution is -2.30. The molecule has 158 valence electrons. The quantitative estimate of drug-likeness (QED) is 0.373. The van der Waals surface area contributed by atoms with E-state index in [4.69, 9.17) is 4.42 Å². The van der Waals surface area contributed by atoms with E-state index in [0.717, 1.165) is 29.0 Å². The summed E-state index contributed by atoms with van der Waals surface area (Å²) in [7, 11) is -3.82. The summed E-state index contributed by atoms with van der Waals surface area (Å²) in [4.78, 5) is 11.0. The van der Waals surface area contributed by atoms with Gasteiger partial charge in [0, 0.05) is 24.7 Å². The van der Waals surface area contributed by atoms with E-state index in [0.29, 0.717) is 5.89 Å². The van der Waals surface area contributed by atoms with Crippen molar-refractivity contribution in [2.24, 2.45) is 0 Å². The van der Waals surface area contributed by atoms with Crippen LogP contribution in [0.25, 0.3) is 11.5 Å². The average molecular weight is 449 g/mol. The van der Waals surface area contributed by atoms with E-state index in [1.54, 1.807) is 13.8 Å². The van der Waals surface area contributed by atoms with Gasteiger partial charge in [-0.3, -0.25) is 10.1 Å². The first kappa shape index (κ1) is 21.9. The Morgan fingerprint density at radius 2 is 1.83 bits per heavy atom. The molecule has 0 atom stereocenters. The van der Waals surface area contributed by atoms with Gasteiger partial charge in [0.25, 0.3) is 10.9 Å². The second kappa shape index (κ2) is 8.94. The fourth-order valence-corrected chi connectivity index (χ4v) is 5.11. The SMILES string of the molecule is CCN(CC)S(=O)(=O)c1ccc(Sc2nnc(-c3ccccc3C)o2)c([N+](=O)[O-])c1. The highest BCUT2D eigenvalue weighted by Gasteiger charge is 2.26. The van der Waals surface area contributed by atoms with Crippen LogP contribution in [-0.4, -0.2) is 40.9 Å². The zero-order valence-electron chi connectivity index (χ0n) is 16.6. The second-order valence-electron chi connectivity index (χ2n) is 6.27. The lowest BCUT2D eigenvalue weighted by Gasteiger charge is -2.18. The van der Waals surface area contributed by atoms with Gasteiger partial charge in [0.1, 0.15) is 0 Å². The number of nitro groups is 1. The van der Waals surface area contributed by atoms with Crippen LogP contribution >= 0.6 is 11.8 Å². The monoisotopic (exact) mass is 448 g/mol. The van der Waals surface area contributed by atoms with Crippen molar-refractivity contribution < 1.29 is 17.8 Å². The molecule has 1 heterocycles. The van der Waals surface area contributed by atoms with Crippen molar-refractivity contribution >= 4 is 27.5 Å². The molecule has 9 nitrogen and oxygen atoms in total. The highest BCUT2D eigenvalue weighted by Crippen LogP contribution is 2.37. The molecule has 1 aromatic heterocycles. The number of nitrogens with zero attached hydrogens (tertiary/aromatic N) is 4. The van der Waals surface area contributed by atoms with E-state index in [1.165, 1.54) is 16.4 Å². The molecule has 3 aromatic rings. The Hall–Kier alpha value is -2.76. The van der Waals surface area contributed by atoms with Crippen LogP contribution in [0, 0.1) is 17.0 Å². The minimum atomic E-state index is -3.82. The fraction of sp³-hybridized carbons (Fsp3) is 0.263. The minimum absolute atomic E-state index is 0.121. The van der Waals surface area contributed by atoms with Crippen molar-refractivity contribution in [3.63, 3.8) is 0 Å². The number of aryl methyl sites for hydroxylation is 1. The number of sulfonamides is 1. The summed E-state index contributed by atoms with van der Waals surface area (Å²) in [6.45, 7) is 5.87. The number of hydrogen-bond acceptors (Lipinski definition) is 8. The van der Waals surface area contributed by atoms with Crippen LogP contribution in [0.5, 0.6) is 0 Å². The van der Waals surface area contributed by atoms with Crippen molar-refractivity contribution in [3.05, 3.63) is 58.1 Å². The molecule has 2 aromatic carbocycles. The number of rotatable bonds is 8. The van der Waals surface area contributed by atoms with E-state index in [1.807, 2.05) is 31.2 Å². The number of nitro benzene ring substituents is 1. The van der Waals surface area contributed by atoms with Gasteiger partial charge in [-0.15, -0.1) is 10.2 Å². The Labute approximate surface area is 178 Å². The molecule has 3 rings (SSSR count). The standard InChI is InChI=1S/C19H20N4O5S2/c1-4-22(5-2)30(26,27)14-10-11-17(16(12-14)23(24)25)29-19-21-20-18(28-19)15-9-7-6-8-13(15)3/h6-12H,4-5H2,1-3H3. The molecule has 0 aliphatic heterocycles. The molecule has 0 radical (unpaired) electrons. The third-order valence-electron chi connectivity index (χ3n) is 4.45. The fourth-order valence-electron chi connectivity index (χ4n) is 2.87. The predicted molar refractivity (Wildman–Crippen MR) is 112 cm³/mol. The van der Waals surface area contributed by atoms with Crippen molar-refractivity contribution in [2.75, 3.05) is 13.1 Å². The van der Waals surface area contributed by atoms with Crippen LogP contribution in [0.15, 0.2) is 61.9 Å². The lowest BCUT2D eigenvalue weighted by atomic mass is 10.1. The van der Waals surface area contributed by atoms with Crippen LogP contribution < -0.4 is 0 Å². The molecule has 0 N–H and O–H groups in total. The van der Waals surface area contributed by atoms with Crippen molar-refractivity contribution in [2.45, 2.75) is 35.8 Å². The van der Waals surface area contributed by atoms with Gasteiger partial charge in [0.2, 0.25) is 15.9 Å². The number of aromatic nitrogens is 2. The van der Waals surface area contributed by atoms with Crippen molar-refractivity contribution in [1.82, 2.24) is 14.5 Å². The first-order chi connectivity index (χ1) is 14.3. The molecule has 0 fully saturated rings. The molecule has 0 unspecified atom stereocenters. The zero-order chi connectivity index (χ0) is 21.9. The van der Waals surface area contributed by atoms with Gasteiger partial charge in [0.15, 0.2) is 0 Å². The Morgan fingerprint density at radius 3 is 2.47 bits per heavy atom. The summed E-state index contributed by atoms with van der Waals surface area (Å²) >= 11 is 0.913. The van der Waals surface area contributed by atoms with Gasteiger partial charge in [-0.25, -0.2) is 8.42 Å². The van der Waals surface area contributed by atoms with Crippen molar-refractivity contribution in [3.8, 4) is 11.5 Å². The second-order valence-corrected chi connectivity index (χ2v) is 9.20. The summed E-state index contributed by atoms with van der Waals surface area (Å²) in [6, 6.07) is 11.3. The first-order valence-corrected chi connectivity index (χ1v) is 11.4. The van der Waals surface area contributed by atoms with Gasteiger partial charge in [-0.1, -0.05) is 32.0 Å². The Morgan fingerprint density at radius 1 is 1.13 bits per heavy atom. The predicted octanol–water partition coefficient (Wildman–Crippen LogP) is 4.13. The molecule has 0 saturated heterocycles. The molecular weight excluding hydrogens is 428 g/mol. The van der Waals surface area contributed by atoms with E-state index < -0.39 is 14.9 Å². The Kier molecular flexibility index (Phi) is 6.54. The number of hydrogen-bond donors (Lipinski definition) is 0. The normalized spacial score (nSPS) is 11.7. The molecular formula is C19H20N4O5S2. The van der Waals surface area contributed by atoms with Gasteiger partial charge < -0.3 is 4.42 Å².